The molecule has 6 nitrogen and oxygen atoms in total. The molecule has 2 amide bonds. The lowest BCUT2D eigenvalue weighted by Crippen LogP contribution is -2.47. The van der Waals surface area contributed by atoms with Gasteiger partial charge in [0, 0.05) is 25.8 Å². The Hall–Kier alpha value is -1.92. The number of nitrogen functional groups attached to an aromatic ring is 1. The highest BCUT2D eigenvalue weighted by atomic mass is 16.5. The predicted molar refractivity (Wildman–Crippen MR) is 71.4 cm³/mol. The van der Waals surface area contributed by atoms with Crippen molar-refractivity contribution in [2.75, 3.05) is 32.6 Å². The molecule has 0 spiro atoms. The number of rotatable bonds is 3. The van der Waals surface area contributed by atoms with Gasteiger partial charge in [0.2, 0.25) is 0 Å². The number of hydrogen-bond acceptors (Lipinski definition) is 5. The zero-order valence-corrected chi connectivity index (χ0v) is 11.2. The van der Waals surface area contributed by atoms with Crippen molar-refractivity contribution in [3.05, 3.63) is 29.3 Å². The first-order valence-electron chi connectivity index (χ1n) is 6.45. The molecule has 0 bridgehead atoms. The van der Waals surface area contributed by atoms with E-state index >= 15 is 0 Å². The van der Waals surface area contributed by atoms with Crippen LogP contribution in [0.4, 0.5) is 5.69 Å². The standard InChI is InChI=1S/C14H16N2O4/c1-19-14(5-6-20-8-14)7-16-12(17)9-3-2-4-10(15)11(9)13(16)18/h2-4H,5-8,15H2,1H3. The van der Waals surface area contributed by atoms with Crippen molar-refractivity contribution in [3.8, 4) is 0 Å². The number of ether oxygens (including phenoxy) is 2. The van der Waals surface area contributed by atoms with Crippen LogP contribution in [0, 0.1) is 0 Å². The third-order valence-electron chi connectivity index (χ3n) is 3.98. The minimum atomic E-state index is -0.609. The van der Waals surface area contributed by atoms with Crippen LogP contribution in [0.2, 0.25) is 0 Å². The largest absolute Gasteiger partial charge is 0.398 e. The summed E-state index contributed by atoms with van der Waals surface area (Å²) in [5, 5.41) is 0. The fourth-order valence-electron chi connectivity index (χ4n) is 2.73. The van der Waals surface area contributed by atoms with Crippen LogP contribution in [-0.4, -0.2) is 49.2 Å². The maximum atomic E-state index is 12.4. The number of carbonyl (C=O) groups excluding carboxylic acids is 2. The number of benzene rings is 1. The summed E-state index contributed by atoms with van der Waals surface area (Å²) in [6.45, 7) is 1.14. The van der Waals surface area contributed by atoms with E-state index in [0.29, 0.717) is 36.4 Å². The Kier molecular flexibility index (Phi) is 2.99. The lowest BCUT2D eigenvalue weighted by atomic mass is 10.0. The summed E-state index contributed by atoms with van der Waals surface area (Å²) in [5.74, 6) is -0.674. The van der Waals surface area contributed by atoms with Gasteiger partial charge >= 0.3 is 0 Å². The Morgan fingerprint density at radius 2 is 2.20 bits per heavy atom. The van der Waals surface area contributed by atoms with Crippen LogP contribution in [0.5, 0.6) is 0 Å². The normalized spacial score (nSPS) is 25.4. The first kappa shape index (κ1) is 13.1. The van der Waals surface area contributed by atoms with Gasteiger partial charge in [0.05, 0.1) is 24.3 Å². The molecule has 1 atom stereocenters. The molecular formula is C14H16N2O4. The summed E-state index contributed by atoms with van der Waals surface area (Å²) >= 11 is 0. The molecule has 106 valence electrons. The second kappa shape index (κ2) is 4.57. The van der Waals surface area contributed by atoms with Gasteiger partial charge in [-0.3, -0.25) is 14.5 Å². The summed E-state index contributed by atoms with van der Waals surface area (Å²) in [4.78, 5) is 26.0. The van der Waals surface area contributed by atoms with E-state index in [9.17, 15) is 9.59 Å². The van der Waals surface area contributed by atoms with Gasteiger partial charge in [0.15, 0.2) is 0 Å². The molecule has 1 saturated heterocycles. The Morgan fingerprint density at radius 1 is 1.40 bits per heavy atom. The van der Waals surface area contributed by atoms with Gasteiger partial charge in [-0.05, 0) is 12.1 Å². The van der Waals surface area contributed by atoms with Gasteiger partial charge in [-0.1, -0.05) is 6.07 Å². The molecule has 0 saturated carbocycles. The second-order valence-corrected chi connectivity index (χ2v) is 5.16. The number of hydrogen-bond donors (Lipinski definition) is 1. The molecule has 0 aromatic heterocycles. The van der Waals surface area contributed by atoms with Crippen LogP contribution in [0.3, 0.4) is 0 Å². The molecule has 0 aliphatic carbocycles. The number of fused-ring (bicyclic) bond motifs is 1. The van der Waals surface area contributed by atoms with Crippen molar-refractivity contribution < 1.29 is 19.1 Å². The molecule has 2 heterocycles. The summed E-state index contributed by atoms with van der Waals surface area (Å²) in [7, 11) is 1.57. The highest BCUT2D eigenvalue weighted by molar-refractivity contribution is 6.23. The maximum Gasteiger partial charge on any atom is 0.263 e. The minimum absolute atomic E-state index is 0.190. The van der Waals surface area contributed by atoms with E-state index in [4.69, 9.17) is 15.2 Å². The lowest BCUT2D eigenvalue weighted by Gasteiger charge is -2.29. The second-order valence-electron chi connectivity index (χ2n) is 5.16. The van der Waals surface area contributed by atoms with Gasteiger partial charge in [0.1, 0.15) is 5.60 Å². The van der Waals surface area contributed by atoms with Gasteiger partial charge in [-0.25, -0.2) is 0 Å². The molecule has 0 radical (unpaired) electrons. The van der Waals surface area contributed by atoms with Crippen molar-refractivity contribution in [3.63, 3.8) is 0 Å². The van der Waals surface area contributed by atoms with Crippen molar-refractivity contribution in [1.29, 1.82) is 0 Å². The summed E-state index contributed by atoms with van der Waals surface area (Å²) in [6, 6.07) is 4.92. The molecule has 1 fully saturated rings. The van der Waals surface area contributed by atoms with Crippen LogP contribution >= 0.6 is 0 Å². The fraction of sp³-hybridized carbons (Fsp3) is 0.429. The van der Waals surface area contributed by atoms with Gasteiger partial charge < -0.3 is 15.2 Å². The predicted octanol–water partition coefficient (Wildman–Crippen LogP) is 0.670. The molecule has 1 aromatic rings. The van der Waals surface area contributed by atoms with Crippen molar-refractivity contribution in [2.24, 2.45) is 0 Å². The third kappa shape index (κ3) is 1.80. The van der Waals surface area contributed by atoms with Crippen molar-refractivity contribution >= 4 is 17.5 Å². The highest BCUT2D eigenvalue weighted by Gasteiger charge is 2.44. The number of imide groups is 1. The monoisotopic (exact) mass is 276 g/mol. The molecule has 2 aliphatic rings. The average molecular weight is 276 g/mol. The maximum absolute atomic E-state index is 12.4. The zero-order valence-electron chi connectivity index (χ0n) is 11.2. The van der Waals surface area contributed by atoms with Crippen LogP contribution in [0.25, 0.3) is 0 Å². The number of methoxy groups -OCH3 is 1. The molecule has 1 unspecified atom stereocenters. The molecular weight excluding hydrogens is 260 g/mol. The van der Waals surface area contributed by atoms with E-state index in [-0.39, 0.29) is 18.4 Å². The number of nitrogens with zero attached hydrogens (tertiary/aromatic N) is 1. The Bertz CT molecular complexity index is 579. The van der Waals surface area contributed by atoms with E-state index < -0.39 is 5.60 Å². The van der Waals surface area contributed by atoms with Crippen LogP contribution in [0.15, 0.2) is 18.2 Å². The quantitative estimate of drug-likeness (QED) is 0.648. The van der Waals surface area contributed by atoms with Crippen molar-refractivity contribution in [1.82, 2.24) is 4.90 Å². The molecule has 20 heavy (non-hydrogen) atoms. The smallest absolute Gasteiger partial charge is 0.263 e. The third-order valence-corrected chi connectivity index (χ3v) is 3.98. The topological polar surface area (TPSA) is 81.9 Å². The van der Waals surface area contributed by atoms with E-state index in [2.05, 4.69) is 0 Å². The molecule has 6 heteroatoms. The molecule has 1 aromatic carbocycles. The molecule has 2 N–H and O–H groups in total. The van der Waals surface area contributed by atoms with Crippen LogP contribution < -0.4 is 5.73 Å². The van der Waals surface area contributed by atoms with Crippen molar-refractivity contribution in [2.45, 2.75) is 12.0 Å². The van der Waals surface area contributed by atoms with Gasteiger partial charge in [-0.15, -0.1) is 0 Å². The first-order valence-corrected chi connectivity index (χ1v) is 6.45. The zero-order chi connectivity index (χ0) is 14.3. The Balaban J connectivity index is 1.92. The fourth-order valence-corrected chi connectivity index (χ4v) is 2.73. The Morgan fingerprint density at radius 3 is 2.80 bits per heavy atom. The van der Waals surface area contributed by atoms with E-state index in [0.717, 1.165) is 0 Å². The number of anilines is 1. The van der Waals surface area contributed by atoms with Gasteiger partial charge in [-0.2, -0.15) is 0 Å². The lowest BCUT2D eigenvalue weighted by molar-refractivity contribution is -0.0323. The Labute approximate surface area is 116 Å². The summed E-state index contributed by atoms with van der Waals surface area (Å²) in [6.07, 6.45) is 0.659. The highest BCUT2D eigenvalue weighted by Crippen LogP contribution is 2.31. The number of carbonyl (C=O) groups is 2. The van der Waals surface area contributed by atoms with E-state index in [1.807, 2.05) is 0 Å². The van der Waals surface area contributed by atoms with E-state index in [1.165, 1.54) is 4.90 Å². The van der Waals surface area contributed by atoms with Gasteiger partial charge in [0.25, 0.3) is 11.8 Å². The molecule has 2 aliphatic heterocycles. The summed E-state index contributed by atoms with van der Waals surface area (Å²) < 4.78 is 10.8. The van der Waals surface area contributed by atoms with E-state index in [1.54, 1.807) is 25.3 Å². The number of amides is 2. The summed E-state index contributed by atoms with van der Waals surface area (Å²) in [5.41, 5.74) is 6.18. The minimum Gasteiger partial charge on any atom is -0.398 e. The first-order chi connectivity index (χ1) is 9.58. The SMILES string of the molecule is COC1(CN2C(=O)c3cccc(N)c3C2=O)CCOC1. The molecule has 3 rings (SSSR count). The van der Waals surface area contributed by atoms with Crippen LogP contribution in [0.1, 0.15) is 27.1 Å². The number of nitrogens with two attached hydrogens (primary N) is 1. The average Bonchev–Trinajstić information content (AvgIpc) is 3.00. The van der Waals surface area contributed by atoms with Crippen LogP contribution in [-0.2, 0) is 9.47 Å².